The van der Waals surface area contributed by atoms with Crippen LogP contribution < -0.4 is 29.9 Å². The molecule has 11 nitrogen and oxygen atoms in total. The van der Waals surface area contributed by atoms with E-state index in [9.17, 15) is 37.6 Å². The van der Waals surface area contributed by atoms with Gasteiger partial charge in [0, 0.05) is 22.8 Å². The van der Waals surface area contributed by atoms with Crippen molar-refractivity contribution in [1.82, 2.24) is 10.6 Å². The number of amides is 3. The van der Waals surface area contributed by atoms with Gasteiger partial charge in [0.15, 0.2) is 18.1 Å². The number of ketones is 1. The number of nitrogens with zero attached hydrogens (tertiary/aromatic N) is 3. The number of alkyl halides is 3. The molecule has 0 saturated heterocycles. The summed E-state index contributed by atoms with van der Waals surface area (Å²) in [4.78, 5) is 56.0. The monoisotopic (exact) mass is 699 g/mol. The Morgan fingerprint density at radius 3 is 2.24 bits per heavy atom. The maximum atomic E-state index is 14.4. The van der Waals surface area contributed by atoms with Crippen LogP contribution in [0.2, 0.25) is 0 Å². The number of carbonyl (C=O) groups excluding carboxylic acids is 4. The van der Waals surface area contributed by atoms with Crippen molar-refractivity contribution >= 4 is 58.2 Å². The molecule has 49 heavy (non-hydrogen) atoms. The summed E-state index contributed by atoms with van der Waals surface area (Å²) >= 11 is 0. The van der Waals surface area contributed by atoms with E-state index in [0.717, 1.165) is 6.20 Å². The second kappa shape index (κ2) is 14.9. The number of aromatic nitrogens is 1. The molecular formula is C34H33ClF3N5O6. The molecule has 3 amide bonds. The largest absolute Gasteiger partial charge is 0.618 e. The maximum absolute atomic E-state index is 14.4. The zero-order valence-electron chi connectivity index (χ0n) is 26.6. The molecule has 1 aromatic heterocycles. The molecule has 0 aliphatic carbocycles. The van der Waals surface area contributed by atoms with Crippen LogP contribution in [0, 0.1) is 5.21 Å². The Labute approximate surface area is 285 Å². The number of benzene rings is 3. The summed E-state index contributed by atoms with van der Waals surface area (Å²) in [7, 11) is 1.56. The van der Waals surface area contributed by atoms with Crippen LogP contribution in [-0.4, -0.2) is 62.0 Å². The number of anilines is 2. The first kappa shape index (κ1) is 36.6. The van der Waals surface area contributed by atoms with E-state index in [1.165, 1.54) is 53.1 Å². The summed E-state index contributed by atoms with van der Waals surface area (Å²) in [6.45, 7) is 0.617. The van der Waals surface area contributed by atoms with Crippen LogP contribution in [0.1, 0.15) is 40.1 Å². The van der Waals surface area contributed by atoms with Crippen LogP contribution in [-0.2, 0) is 16.1 Å². The Morgan fingerprint density at radius 2 is 1.61 bits per heavy atom. The van der Waals surface area contributed by atoms with E-state index in [1.807, 2.05) is 0 Å². The van der Waals surface area contributed by atoms with Crippen molar-refractivity contribution in [2.75, 3.05) is 30.0 Å². The van der Waals surface area contributed by atoms with Gasteiger partial charge in [-0.15, -0.1) is 12.4 Å². The predicted molar refractivity (Wildman–Crippen MR) is 178 cm³/mol. The SMILES string of the molecule is CNC(C)C(=O)N[C@H]1CN(C(=O)c2ccc(C(C)=O)cc2)c2ccccc2N(Cc2c(OCC(F)(F)F)c[n+]([O-])c3ccccc23)C1=O.Cl. The molecule has 0 fully saturated rings. The third-order valence-corrected chi connectivity index (χ3v) is 8.03. The van der Waals surface area contributed by atoms with E-state index in [1.54, 1.807) is 50.4 Å². The van der Waals surface area contributed by atoms with E-state index in [-0.39, 0.29) is 64.7 Å². The average molecular weight is 700 g/mol. The summed E-state index contributed by atoms with van der Waals surface area (Å²) < 4.78 is 45.3. The lowest BCUT2D eigenvalue weighted by molar-refractivity contribution is -0.577. The number of Topliss-reactive ketones (excluding diaryl/α,β-unsaturated/α-hetero) is 1. The number of rotatable bonds is 9. The van der Waals surface area contributed by atoms with Crippen LogP contribution in [0.3, 0.4) is 0 Å². The summed E-state index contributed by atoms with van der Waals surface area (Å²) in [6, 6.07) is 16.6. The van der Waals surface area contributed by atoms with Crippen molar-refractivity contribution in [3.63, 3.8) is 0 Å². The summed E-state index contributed by atoms with van der Waals surface area (Å²) in [5.41, 5.74) is 1.34. The number of para-hydroxylation sites is 3. The number of pyridine rings is 1. The highest BCUT2D eigenvalue weighted by molar-refractivity contribution is 6.13. The van der Waals surface area contributed by atoms with Crippen molar-refractivity contribution in [2.24, 2.45) is 0 Å². The van der Waals surface area contributed by atoms with Crippen molar-refractivity contribution in [3.05, 3.63) is 101 Å². The van der Waals surface area contributed by atoms with E-state index in [4.69, 9.17) is 4.74 Å². The minimum Gasteiger partial charge on any atom is -0.618 e. The molecule has 1 aliphatic heterocycles. The lowest BCUT2D eigenvalue weighted by Gasteiger charge is -2.27. The van der Waals surface area contributed by atoms with E-state index in [2.05, 4.69) is 10.6 Å². The number of likely N-dealkylation sites (N-methyl/N-ethyl adjacent to an activating group) is 1. The van der Waals surface area contributed by atoms with Gasteiger partial charge in [-0.3, -0.25) is 19.2 Å². The lowest BCUT2D eigenvalue weighted by atomic mass is 10.1. The minimum absolute atomic E-state index is 0. The number of ether oxygens (including phenoxy) is 1. The highest BCUT2D eigenvalue weighted by Gasteiger charge is 2.39. The topological polar surface area (TPSA) is 135 Å². The molecule has 0 radical (unpaired) electrons. The molecule has 1 unspecified atom stereocenters. The first-order valence-electron chi connectivity index (χ1n) is 14.9. The van der Waals surface area contributed by atoms with Gasteiger partial charge in [0.25, 0.3) is 11.8 Å². The third kappa shape index (κ3) is 7.92. The van der Waals surface area contributed by atoms with Crippen molar-refractivity contribution < 1.29 is 41.8 Å². The van der Waals surface area contributed by atoms with E-state index in [0.29, 0.717) is 10.3 Å². The second-order valence-corrected chi connectivity index (χ2v) is 11.3. The smallest absolute Gasteiger partial charge is 0.422 e. The minimum atomic E-state index is -4.72. The molecule has 2 atom stereocenters. The van der Waals surface area contributed by atoms with Gasteiger partial charge in [0.05, 0.1) is 35.9 Å². The molecule has 1 aliphatic rings. The Bertz CT molecular complexity index is 1890. The Balaban J connectivity index is 0.00000541. The standard InChI is InChI=1S/C34H32F3N5O6.ClH/c1-20(38-3)31(44)39-26-17-41(32(45)23-14-12-22(13-15-23)21(2)43)29-11-7-6-10-28(29)40(33(26)46)16-25-24-8-4-5-9-27(24)42(47)18-30(25)48-19-34(35,36)37;/h4-15,18,20,26,38H,16-17,19H2,1-3H3,(H,39,44);1H/t20?,26-;/m0./s1. The van der Waals surface area contributed by atoms with Gasteiger partial charge in [-0.25, -0.2) is 0 Å². The molecule has 0 bridgehead atoms. The van der Waals surface area contributed by atoms with Crippen LogP contribution in [0.5, 0.6) is 5.75 Å². The number of fused-ring (bicyclic) bond motifs is 2. The first-order valence-corrected chi connectivity index (χ1v) is 14.9. The predicted octanol–water partition coefficient (Wildman–Crippen LogP) is 4.33. The molecular weight excluding hydrogens is 667 g/mol. The number of hydrogen-bond donors (Lipinski definition) is 2. The van der Waals surface area contributed by atoms with Crippen molar-refractivity contribution in [3.8, 4) is 5.75 Å². The highest BCUT2D eigenvalue weighted by atomic mass is 35.5. The lowest BCUT2D eigenvalue weighted by Crippen LogP contribution is -2.55. The Kier molecular flexibility index (Phi) is 11.1. The molecule has 3 aromatic carbocycles. The van der Waals surface area contributed by atoms with Gasteiger partial charge in [0.2, 0.25) is 17.6 Å². The van der Waals surface area contributed by atoms with Gasteiger partial charge in [0.1, 0.15) is 6.04 Å². The summed E-state index contributed by atoms with van der Waals surface area (Å²) in [5.74, 6) is -2.30. The van der Waals surface area contributed by atoms with Gasteiger partial charge in [-0.1, -0.05) is 36.4 Å². The molecule has 0 saturated carbocycles. The first-order chi connectivity index (χ1) is 22.8. The van der Waals surface area contributed by atoms with Crippen LogP contribution in [0.15, 0.2) is 79.0 Å². The zero-order chi connectivity index (χ0) is 34.7. The number of hydrogen-bond acceptors (Lipinski definition) is 7. The molecule has 0 spiro atoms. The molecule has 258 valence electrons. The fourth-order valence-corrected chi connectivity index (χ4v) is 5.39. The maximum Gasteiger partial charge on any atom is 0.422 e. The number of halogens is 4. The van der Waals surface area contributed by atoms with Gasteiger partial charge >= 0.3 is 6.18 Å². The van der Waals surface area contributed by atoms with Crippen molar-refractivity contribution in [2.45, 2.75) is 38.7 Å². The fraction of sp³-hybridized carbons (Fsp3) is 0.265. The number of nitrogens with one attached hydrogen (secondary N) is 2. The molecule has 4 aromatic rings. The molecule has 2 heterocycles. The fourth-order valence-electron chi connectivity index (χ4n) is 5.39. The van der Waals surface area contributed by atoms with Gasteiger partial charge < -0.3 is 30.4 Å². The third-order valence-electron chi connectivity index (χ3n) is 8.03. The summed E-state index contributed by atoms with van der Waals surface area (Å²) in [6.07, 6.45) is -3.84. The summed E-state index contributed by atoms with van der Waals surface area (Å²) in [5, 5.41) is 18.6. The second-order valence-electron chi connectivity index (χ2n) is 11.3. The zero-order valence-corrected chi connectivity index (χ0v) is 27.4. The highest BCUT2D eigenvalue weighted by Crippen LogP contribution is 2.37. The van der Waals surface area contributed by atoms with Crippen LogP contribution in [0.25, 0.3) is 10.9 Å². The van der Waals surface area contributed by atoms with Gasteiger partial charge in [-0.2, -0.15) is 17.9 Å². The average Bonchev–Trinajstić information content (AvgIpc) is 3.18. The van der Waals surface area contributed by atoms with Crippen LogP contribution >= 0.6 is 12.4 Å². The molecule has 5 rings (SSSR count). The van der Waals surface area contributed by atoms with Crippen molar-refractivity contribution in [1.29, 1.82) is 0 Å². The molecule has 15 heteroatoms. The number of carbonyl (C=O) groups is 4. The van der Waals surface area contributed by atoms with Crippen LogP contribution in [0.4, 0.5) is 24.5 Å². The molecule has 2 N–H and O–H groups in total. The van der Waals surface area contributed by atoms with Gasteiger partial charge in [-0.05, 0) is 51.2 Å². The Morgan fingerprint density at radius 1 is 1.00 bits per heavy atom. The Hall–Kier alpha value is -5.21. The van der Waals surface area contributed by atoms with E-state index < -0.39 is 48.3 Å². The normalized spacial score (nSPS) is 15.1. The quantitative estimate of drug-likeness (QED) is 0.151. The van der Waals surface area contributed by atoms with E-state index >= 15 is 0 Å².